The minimum Gasteiger partial charge on any atom is -0.478 e. The largest absolute Gasteiger partial charge is 0.478 e. The van der Waals surface area contributed by atoms with Crippen LogP contribution >= 0.6 is 39.3 Å². The van der Waals surface area contributed by atoms with Crippen molar-refractivity contribution in [3.63, 3.8) is 0 Å². The number of ether oxygens (including phenoxy) is 1. The molecule has 1 heterocycles. The molecule has 1 amide bonds. The van der Waals surface area contributed by atoms with E-state index in [0.717, 1.165) is 4.47 Å². The molecule has 2 aromatic carbocycles. The van der Waals surface area contributed by atoms with Crippen molar-refractivity contribution in [3.05, 3.63) is 62.4 Å². The van der Waals surface area contributed by atoms with Crippen LogP contribution in [0, 0.1) is 11.3 Å². The number of hydrogen-bond donors (Lipinski definition) is 1. The van der Waals surface area contributed by atoms with E-state index in [1.165, 1.54) is 11.8 Å². The molecular weight excluding hydrogens is 438 g/mol. The van der Waals surface area contributed by atoms with E-state index < -0.39 is 0 Å². The van der Waals surface area contributed by atoms with Gasteiger partial charge in [-0.05, 0) is 60.3 Å². The van der Waals surface area contributed by atoms with E-state index in [1.807, 2.05) is 18.2 Å². The number of amidine groups is 1. The molecule has 0 unspecified atom stereocenters. The molecule has 0 atom stereocenters. The Kier molecular flexibility index (Phi) is 5.99. The van der Waals surface area contributed by atoms with Gasteiger partial charge in [-0.25, -0.2) is 4.99 Å². The van der Waals surface area contributed by atoms with Crippen LogP contribution in [0.1, 0.15) is 5.56 Å². The lowest BCUT2D eigenvalue weighted by Crippen LogP contribution is -2.19. The zero-order valence-corrected chi connectivity index (χ0v) is 16.4. The third-order valence-corrected chi connectivity index (χ3v) is 4.91. The fourth-order valence-electron chi connectivity index (χ4n) is 2.13. The van der Waals surface area contributed by atoms with Crippen molar-refractivity contribution in [1.29, 1.82) is 5.26 Å². The van der Waals surface area contributed by atoms with Gasteiger partial charge in [-0.2, -0.15) is 5.26 Å². The zero-order valence-electron chi connectivity index (χ0n) is 13.2. The van der Waals surface area contributed by atoms with Gasteiger partial charge in [-0.1, -0.05) is 27.5 Å². The highest BCUT2D eigenvalue weighted by Crippen LogP contribution is 2.32. The fraction of sp³-hybridized carbons (Fsp3) is 0.0556. The van der Waals surface area contributed by atoms with Crippen LogP contribution in [-0.2, 0) is 4.79 Å². The van der Waals surface area contributed by atoms with Crippen molar-refractivity contribution in [1.82, 2.24) is 5.32 Å². The maximum absolute atomic E-state index is 12.2. The summed E-state index contributed by atoms with van der Waals surface area (Å²) in [4.78, 5) is 17.1. The average molecular weight is 449 g/mol. The molecule has 0 saturated carbocycles. The van der Waals surface area contributed by atoms with E-state index in [4.69, 9.17) is 21.6 Å². The fourth-order valence-corrected chi connectivity index (χ4v) is 3.47. The summed E-state index contributed by atoms with van der Waals surface area (Å²) < 4.78 is 6.25. The molecule has 5 nitrogen and oxygen atoms in total. The van der Waals surface area contributed by atoms with Gasteiger partial charge in [0.15, 0.2) is 11.8 Å². The number of amides is 1. The number of carbonyl (C=O) groups is 1. The van der Waals surface area contributed by atoms with E-state index in [1.54, 1.807) is 36.4 Å². The number of carbonyl (C=O) groups excluding carboxylic acids is 1. The lowest BCUT2D eigenvalue weighted by atomic mass is 10.2. The molecule has 1 fully saturated rings. The first-order chi connectivity index (χ1) is 12.5. The van der Waals surface area contributed by atoms with Gasteiger partial charge in [-0.3, -0.25) is 4.79 Å². The summed E-state index contributed by atoms with van der Waals surface area (Å²) in [5.74, 6) is 0.285. The second-order valence-corrected chi connectivity index (χ2v) is 7.47. The number of thioether (sulfide) groups is 1. The smallest absolute Gasteiger partial charge is 0.264 e. The van der Waals surface area contributed by atoms with E-state index in [2.05, 4.69) is 26.2 Å². The Balaban J connectivity index is 1.86. The molecule has 1 aliphatic rings. The molecule has 0 spiro atoms. The number of nitrogens with one attached hydrogen (secondary N) is 1. The maximum atomic E-state index is 12.2. The number of aliphatic imine (C=N–C) groups is 1. The normalized spacial score (nSPS) is 16.6. The summed E-state index contributed by atoms with van der Waals surface area (Å²) in [6, 6.07) is 14.3. The molecule has 0 aliphatic carbocycles. The van der Waals surface area contributed by atoms with Gasteiger partial charge < -0.3 is 10.1 Å². The Morgan fingerprint density at radius 1 is 1.31 bits per heavy atom. The number of nitrogens with zero attached hydrogens (tertiary/aromatic N) is 2. The molecule has 26 heavy (non-hydrogen) atoms. The minimum absolute atomic E-state index is 0.0690. The molecule has 8 heteroatoms. The van der Waals surface area contributed by atoms with Crippen LogP contribution in [0.25, 0.3) is 6.08 Å². The van der Waals surface area contributed by atoms with E-state index in [-0.39, 0.29) is 12.5 Å². The molecule has 2 aromatic rings. The second kappa shape index (κ2) is 8.41. The highest BCUT2D eigenvalue weighted by molar-refractivity contribution is 9.10. The predicted molar refractivity (Wildman–Crippen MR) is 108 cm³/mol. The minimum atomic E-state index is -0.242. The Morgan fingerprint density at radius 3 is 2.81 bits per heavy atom. The Hall–Kier alpha value is -2.27. The molecule has 0 radical (unpaired) electrons. The average Bonchev–Trinajstić information content (AvgIpc) is 2.95. The lowest BCUT2D eigenvalue weighted by Gasteiger charge is -2.07. The number of nitriles is 1. The number of hydrogen-bond acceptors (Lipinski definition) is 5. The van der Waals surface area contributed by atoms with Crippen molar-refractivity contribution >= 4 is 62.1 Å². The summed E-state index contributed by atoms with van der Waals surface area (Å²) in [5, 5.41) is 12.5. The third-order valence-electron chi connectivity index (χ3n) is 3.26. The van der Waals surface area contributed by atoms with Gasteiger partial charge in [0.25, 0.3) is 5.91 Å². The first-order valence-corrected chi connectivity index (χ1v) is 9.38. The molecule has 1 N–H and O–H groups in total. The van der Waals surface area contributed by atoms with Crippen LogP contribution in [0.4, 0.5) is 5.69 Å². The van der Waals surface area contributed by atoms with Crippen LogP contribution < -0.4 is 10.1 Å². The molecule has 130 valence electrons. The van der Waals surface area contributed by atoms with Crippen LogP contribution in [0.3, 0.4) is 0 Å². The van der Waals surface area contributed by atoms with Gasteiger partial charge in [0.1, 0.15) is 11.8 Å². The van der Waals surface area contributed by atoms with Crippen molar-refractivity contribution in [2.75, 3.05) is 6.61 Å². The standard InChI is InChI=1S/C18H11BrClN3O2S/c19-12-1-6-15(25-8-7-21)11(9-12)10-16-17(24)23-18(26-16)22-14-4-2-13(20)3-5-14/h1-6,9-10H,8H2,(H,22,23,24). The predicted octanol–water partition coefficient (Wildman–Crippen LogP) is 4.90. The van der Waals surface area contributed by atoms with Crippen molar-refractivity contribution in [2.45, 2.75) is 0 Å². The van der Waals surface area contributed by atoms with E-state index in [0.29, 0.717) is 32.1 Å². The number of benzene rings is 2. The zero-order chi connectivity index (χ0) is 18.5. The molecule has 3 rings (SSSR count). The highest BCUT2D eigenvalue weighted by atomic mass is 79.9. The number of halogens is 2. The first kappa shape index (κ1) is 18.5. The Bertz CT molecular complexity index is 952. The van der Waals surface area contributed by atoms with Gasteiger partial charge >= 0.3 is 0 Å². The second-order valence-electron chi connectivity index (χ2n) is 5.09. The van der Waals surface area contributed by atoms with Gasteiger partial charge in [0.05, 0.1) is 10.6 Å². The first-order valence-electron chi connectivity index (χ1n) is 7.39. The Morgan fingerprint density at radius 2 is 2.08 bits per heavy atom. The van der Waals surface area contributed by atoms with Crippen LogP contribution in [0.5, 0.6) is 5.75 Å². The van der Waals surface area contributed by atoms with Crippen LogP contribution in [0.2, 0.25) is 5.02 Å². The van der Waals surface area contributed by atoms with Crippen molar-refractivity contribution in [2.24, 2.45) is 4.99 Å². The van der Waals surface area contributed by atoms with E-state index in [9.17, 15) is 4.79 Å². The summed E-state index contributed by atoms with van der Waals surface area (Å²) in [7, 11) is 0. The molecule has 1 saturated heterocycles. The maximum Gasteiger partial charge on any atom is 0.264 e. The summed E-state index contributed by atoms with van der Waals surface area (Å²) in [6.45, 7) is -0.0690. The topological polar surface area (TPSA) is 74.5 Å². The molecular formula is C18H11BrClN3O2S. The van der Waals surface area contributed by atoms with E-state index >= 15 is 0 Å². The SMILES string of the molecule is N#CCOc1ccc(Br)cc1C=C1SC(=Nc2ccc(Cl)cc2)NC1=O. The van der Waals surface area contributed by atoms with Crippen LogP contribution in [-0.4, -0.2) is 17.7 Å². The summed E-state index contributed by atoms with van der Waals surface area (Å²) >= 11 is 10.5. The van der Waals surface area contributed by atoms with Gasteiger partial charge in [-0.15, -0.1) is 0 Å². The summed E-state index contributed by atoms with van der Waals surface area (Å²) in [6.07, 6.45) is 1.71. The van der Waals surface area contributed by atoms with Crippen LogP contribution in [0.15, 0.2) is 56.8 Å². The third kappa shape index (κ3) is 4.67. The quantitative estimate of drug-likeness (QED) is 0.675. The van der Waals surface area contributed by atoms with Gasteiger partial charge in [0, 0.05) is 15.1 Å². The molecule has 0 bridgehead atoms. The lowest BCUT2D eigenvalue weighted by molar-refractivity contribution is -0.115. The van der Waals surface area contributed by atoms with Gasteiger partial charge in [0.2, 0.25) is 0 Å². The molecule has 0 aromatic heterocycles. The van der Waals surface area contributed by atoms with Crippen molar-refractivity contribution < 1.29 is 9.53 Å². The Labute approximate surface area is 167 Å². The number of rotatable bonds is 4. The monoisotopic (exact) mass is 447 g/mol. The summed E-state index contributed by atoms with van der Waals surface area (Å²) in [5.41, 5.74) is 1.39. The molecule has 1 aliphatic heterocycles. The van der Waals surface area contributed by atoms with Crippen molar-refractivity contribution in [3.8, 4) is 11.8 Å². The highest BCUT2D eigenvalue weighted by Gasteiger charge is 2.24.